The number of carbonyl (C=O) groups excluding carboxylic acids is 1. The summed E-state index contributed by atoms with van der Waals surface area (Å²) in [6.07, 6.45) is 0.915. The SMILES string of the molecule is CCc1ncc(C(=O)NC(C)C(O)c2ccc(F)c(F)c2)[nH]1. The van der Waals surface area contributed by atoms with Crippen LogP contribution in [-0.4, -0.2) is 27.0 Å². The Bertz CT molecular complexity index is 673. The standard InChI is InChI=1S/C15H17F2N3O2/c1-3-13-18-7-12(20-13)15(22)19-8(2)14(21)9-4-5-10(16)11(17)6-9/h4-8,14,21H,3H2,1-2H3,(H,18,20)(H,19,22). The molecule has 1 aromatic heterocycles. The van der Waals surface area contributed by atoms with Crippen LogP contribution in [0.25, 0.3) is 0 Å². The van der Waals surface area contributed by atoms with Crippen LogP contribution < -0.4 is 5.32 Å². The summed E-state index contributed by atoms with van der Waals surface area (Å²) in [6.45, 7) is 3.47. The molecule has 1 aromatic carbocycles. The second-order valence-electron chi connectivity index (χ2n) is 4.98. The molecule has 22 heavy (non-hydrogen) atoms. The lowest BCUT2D eigenvalue weighted by Gasteiger charge is -2.20. The number of carbonyl (C=O) groups is 1. The molecule has 1 amide bonds. The minimum absolute atomic E-state index is 0.186. The van der Waals surface area contributed by atoms with Crippen molar-refractivity contribution in [3.63, 3.8) is 0 Å². The Balaban J connectivity index is 2.05. The molecule has 0 aliphatic carbocycles. The minimum Gasteiger partial charge on any atom is -0.386 e. The number of benzene rings is 1. The number of nitrogens with one attached hydrogen (secondary N) is 2. The van der Waals surface area contributed by atoms with Gasteiger partial charge in [0, 0.05) is 6.42 Å². The van der Waals surface area contributed by atoms with Gasteiger partial charge < -0.3 is 15.4 Å². The highest BCUT2D eigenvalue weighted by atomic mass is 19.2. The number of nitrogens with zero attached hydrogens (tertiary/aromatic N) is 1. The fourth-order valence-corrected chi connectivity index (χ4v) is 2.01. The normalized spacial score (nSPS) is 13.7. The Morgan fingerprint density at radius 3 is 2.73 bits per heavy atom. The van der Waals surface area contributed by atoms with Gasteiger partial charge in [-0.1, -0.05) is 13.0 Å². The van der Waals surface area contributed by atoms with Gasteiger partial charge in [0.2, 0.25) is 0 Å². The van der Waals surface area contributed by atoms with Gasteiger partial charge in [-0.2, -0.15) is 0 Å². The predicted octanol–water partition coefficient (Wildman–Crippen LogP) is 2.10. The molecule has 1 heterocycles. The minimum atomic E-state index is -1.16. The number of halogens is 2. The summed E-state index contributed by atoms with van der Waals surface area (Å²) < 4.78 is 26.1. The largest absolute Gasteiger partial charge is 0.386 e. The van der Waals surface area contributed by atoms with E-state index in [0.717, 1.165) is 12.1 Å². The Morgan fingerprint density at radius 2 is 2.14 bits per heavy atom. The van der Waals surface area contributed by atoms with Crippen LogP contribution in [0.15, 0.2) is 24.4 Å². The lowest BCUT2D eigenvalue weighted by Crippen LogP contribution is -2.37. The van der Waals surface area contributed by atoms with Crippen molar-refractivity contribution >= 4 is 5.91 Å². The first-order chi connectivity index (χ1) is 10.4. The molecule has 5 nitrogen and oxygen atoms in total. The van der Waals surface area contributed by atoms with E-state index >= 15 is 0 Å². The number of hydrogen-bond donors (Lipinski definition) is 3. The molecule has 2 rings (SSSR count). The van der Waals surface area contributed by atoms with Gasteiger partial charge in [-0.05, 0) is 24.6 Å². The molecular weight excluding hydrogens is 292 g/mol. The Hall–Kier alpha value is -2.28. The molecule has 2 aromatic rings. The number of H-pyrrole nitrogens is 1. The first-order valence-electron chi connectivity index (χ1n) is 6.90. The summed E-state index contributed by atoms with van der Waals surface area (Å²) >= 11 is 0. The van der Waals surface area contributed by atoms with E-state index in [-0.39, 0.29) is 11.3 Å². The highest BCUT2D eigenvalue weighted by molar-refractivity contribution is 5.92. The zero-order valence-electron chi connectivity index (χ0n) is 12.2. The van der Waals surface area contributed by atoms with Crippen molar-refractivity contribution in [3.05, 3.63) is 53.1 Å². The van der Waals surface area contributed by atoms with Crippen molar-refractivity contribution in [3.8, 4) is 0 Å². The average molecular weight is 309 g/mol. The van der Waals surface area contributed by atoms with E-state index in [1.54, 1.807) is 6.92 Å². The second-order valence-corrected chi connectivity index (χ2v) is 4.98. The van der Waals surface area contributed by atoms with E-state index in [2.05, 4.69) is 15.3 Å². The molecule has 7 heteroatoms. The maximum Gasteiger partial charge on any atom is 0.269 e. The number of imidazole rings is 1. The van der Waals surface area contributed by atoms with Gasteiger partial charge in [-0.15, -0.1) is 0 Å². The van der Waals surface area contributed by atoms with Crippen LogP contribution >= 0.6 is 0 Å². The topological polar surface area (TPSA) is 78.0 Å². The number of aromatic nitrogens is 2. The molecule has 2 atom stereocenters. The van der Waals surface area contributed by atoms with Crippen molar-refractivity contribution in [2.75, 3.05) is 0 Å². The van der Waals surface area contributed by atoms with Gasteiger partial charge in [-0.25, -0.2) is 13.8 Å². The maximum absolute atomic E-state index is 13.2. The van der Waals surface area contributed by atoms with Crippen molar-refractivity contribution in [1.29, 1.82) is 0 Å². The van der Waals surface area contributed by atoms with Crippen LogP contribution in [0.5, 0.6) is 0 Å². The zero-order chi connectivity index (χ0) is 16.3. The smallest absolute Gasteiger partial charge is 0.269 e. The first-order valence-corrected chi connectivity index (χ1v) is 6.90. The number of aromatic amines is 1. The Labute approximate surface area is 126 Å². The fraction of sp³-hybridized carbons (Fsp3) is 0.333. The van der Waals surface area contributed by atoms with Gasteiger partial charge >= 0.3 is 0 Å². The van der Waals surface area contributed by atoms with Crippen LogP contribution in [0.4, 0.5) is 8.78 Å². The Morgan fingerprint density at radius 1 is 1.41 bits per heavy atom. The second kappa shape index (κ2) is 6.65. The number of hydrogen-bond acceptors (Lipinski definition) is 3. The third-order valence-corrected chi connectivity index (χ3v) is 3.33. The van der Waals surface area contributed by atoms with Gasteiger partial charge in [0.05, 0.1) is 18.3 Å². The number of amides is 1. The van der Waals surface area contributed by atoms with Crippen LogP contribution in [0, 0.1) is 11.6 Å². The summed E-state index contributed by atoms with van der Waals surface area (Å²) in [5, 5.41) is 12.7. The third kappa shape index (κ3) is 3.48. The lowest BCUT2D eigenvalue weighted by atomic mass is 10.0. The van der Waals surface area contributed by atoms with Gasteiger partial charge in [0.25, 0.3) is 5.91 Å². The van der Waals surface area contributed by atoms with E-state index in [9.17, 15) is 18.7 Å². The number of rotatable bonds is 5. The van der Waals surface area contributed by atoms with Crippen molar-refractivity contribution < 1.29 is 18.7 Å². The Kier molecular flexibility index (Phi) is 4.87. The molecule has 0 radical (unpaired) electrons. The molecule has 0 bridgehead atoms. The lowest BCUT2D eigenvalue weighted by molar-refractivity contribution is 0.0847. The quantitative estimate of drug-likeness (QED) is 0.791. The van der Waals surface area contributed by atoms with Crippen molar-refractivity contribution in [1.82, 2.24) is 15.3 Å². The number of aliphatic hydroxyl groups is 1. The van der Waals surface area contributed by atoms with E-state index in [0.29, 0.717) is 12.2 Å². The van der Waals surface area contributed by atoms with E-state index in [4.69, 9.17) is 0 Å². The molecule has 0 aliphatic heterocycles. The summed E-state index contributed by atoms with van der Waals surface area (Å²) in [7, 11) is 0. The fourth-order valence-electron chi connectivity index (χ4n) is 2.01. The predicted molar refractivity (Wildman–Crippen MR) is 76.2 cm³/mol. The summed E-state index contributed by atoms with van der Waals surface area (Å²) in [4.78, 5) is 18.9. The number of aryl methyl sites for hydroxylation is 1. The average Bonchev–Trinajstić information content (AvgIpc) is 2.98. The van der Waals surface area contributed by atoms with E-state index < -0.39 is 29.7 Å². The monoisotopic (exact) mass is 309 g/mol. The van der Waals surface area contributed by atoms with Crippen LogP contribution in [-0.2, 0) is 6.42 Å². The van der Waals surface area contributed by atoms with E-state index in [1.807, 2.05) is 6.92 Å². The molecule has 118 valence electrons. The maximum atomic E-state index is 13.2. The van der Waals surface area contributed by atoms with Gasteiger partial charge in [0.15, 0.2) is 11.6 Å². The summed E-state index contributed by atoms with van der Waals surface area (Å²) in [5.74, 6) is -1.78. The first kappa shape index (κ1) is 16.1. The molecule has 0 saturated carbocycles. The molecule has 0 aliphatic rings. The van der Waals surface area contributed by atoms with Crippen LogP contribution in [0.3, 0.4) is 0 Å². The molecule has 0 spiro atoms. The molecule has 0 saturated heterocycles. The molecular formula is C15H17F2N3O2. The van der Waals surface area contributed by atoms with E-state index in [1.165, 1.54) is 12.3 Å². The van der Waals surface area contributed by atoms with Crippen LogP contribution in [0.1, 0.15) is 41.8 Å². The highest BCUT2D eigenvalue weighted by Crippen LogP contribution is 2.19. The van der Waals surface area contributed by atoms with Gasteiger partial charge in [-0.3, -0.25) is 4.79 Å². The van der Waals surface area contributed by atoms with Gasteiger partial charge in [0.1, 0.15) is 11.5 Å². The van der Waals surface area contributed by atoms with Crippen molar-refractivity contribution in [2.45, 2.75) is 32.4 Å². The highest BCUT2D eigenvalue weighted by Gasteiger charge is 2.21. The summed E-state index contributed by atoms with van der Waals surface area (Å²) in [6, 6.07) is 2.43. The van der Waals surface area contributed by atoms with Crippen LogP contribution in [0.2, 0.25) is 0 Å². The number of aliphatic hydroxyl groups excluding tert-OH is 1. The zero-order valence-corrected chi connectivity index (χ0v) is 12.2. The molecule has 3 N–H and O–H groups in total. The third-order valence-electron chi connectivity index (χ3n) is 3.33. The molecule has 0 fully saturated rings. The van der Waals surface area contributed by atoms with Crippen molar-refractivity contribution in [2.24, 2.45) is 0 Å². The summed E-state index contributed by atoms with van der Waals surface area (Å²) in [5.41, 5.74) is 0.465. The molecule has 2 unspecified atom stereocenters.